The lowest BCUT2D eigenvalue weighted by molar-refractivity contribution is -0.137. The highest BCUT2D eigenvalue weighted by Gasteiger charge is 2.50. The van der Waals surface area contributed by atoms with Crippen molar-refractivity contribution in [3.05, 3.63) is 12.7 Å². The number of anilines is 1. The van der Waals surface area contributed by atoms with Crippen LogP contribution in [0.5, 0.6) is 0 Å². The van der Waals surface area contributed by atoms with Crippen molar-refractivity contribution in [2.45, 2.75) is 173 Å². The van der Waals surface area contributed by atoms with E-state index in [-0.39, 0.29) is 41.6 Å². The number of thioether (sulfide) groups is 1. The van der Waals surface area contributed by atoms with E-state index in [4.69, 9.17) is 19.5 Å². The summed E-state index contributed by atoms with van der Waals surface area (Å²) in [5.41, 5.74) is 4.29. The molecule has 2 aromatic rings. The van der Waals surface area contributed by atoms with Gasteiger partial charge in [0.1, 0.15) is 36.3 Å². The summed E-state index contributed by atoms with van der Waals surface area (Å²) < 4.78 is 62.5. The summed E-state index contributed by atoms with van der Waals surface area (Å²) in [4.78, 5) is 88.5. The van der Waals surface area contributed by atoms with Crippen molar-refractivity contribution in [2.24, 2.45) is 5.41 Å². The standard InChI is InChI=1S/C41H74N7O17P3S/c1-4-5-6-7-8-9-10-11-12-13-14-15-16-17-18-19-20-21-32(50)69-25-24-43-31(49)22-23-44-39(53)36(52)41(2,3)27-62-68(59,60)65-67(57,58)61-26-30-35(64-66(54,55)56)34(51)40(63-30)48-29-47-33-37(42)45-28-46-38(33)48/h28-30,34-36,40,51-52H,4-27H2,1-3H3,(H,43,49)(H,44,53)(H,57,58)(H,59,60)(H2,42,45,46)(H2,54,55,56)/t30-,34-,35-,36+,40-/m1/s1. The third-order valence-electron chi connectivity index (χ3n) is 11.2. The molecule has 3 rings (SSSR count). The normalized spacial score (nSPS) is 19.8. The van der Waals surface area contributed by atoms with E-state index in [0.717, 1.165) is 48.2 Å². The maximum absolute atomic E-state index is 12.7. The van der Waals surface area contributed by atoms with Crippen LogP contribution in [0.15, 0.2) is 12.7 Å². The fourth-order valence-corrected chi connectivity index (χ4v) is 10.9. The Morgan fingerprint density at radius 1 is 0.826 bits per heavy atom. The molecule has 3 heterocycles. The van der Waals surface area contributed by atoms with Gasteiger partial charge < -0.3 is 50.9 Å². The summed E-state index contributed by atoms with van der Waals surface area (Å²) in [6.45, 7) is 2.84. The first-order chi connectivity index (χ1) is 32.6. The third kappa shape index (κ3) is 23.3. The number of carbonyl (C=O) groups excluding carboxylic acids is 3. The van der Waals surface area contributed by atoms with Crippen LogP contribution in [0, 0.1) is 5.41 Å². The number of phosphoric acid groups is 3. The summed E-state index contributed by atoms with van der Waals surface area (Å²) in [6, 6.07) is 0. The van der Waals surface area contributed by atoms with E-state index in [0.29, 0.717) is 12.2 Å². The Bertz CT molecular complexity index is 2030. The van der Waals surface area contributed by atoms with Gasteiger partial charge in [0.15, 0.2) is 22.8 Å². The maximum Gasteiger partial charge on any atom is 0.481 e. The van der Waals surface area contributed by atoms with Gasteiger partial charge in [0, 0.05) is 37.1 Å². The minimum atomic E-state index is -5.57. The summed E-state index contributed by atoms with van der Waals surface area (Å²) in [6.07, 6.45) is 15.2. The van der Waals surface area contributed by atoms with Crippen molar-refractivity contribution in [3.63, 3.8) is 0 Å². The molecule has 7 atom stereocenters. The zero-order chi connectivity index (χ0) is 51.1. The molecule has 0 spiro atoms. The van der Waals surface area contributed by atoms with Crippen LogP contribution in [-0.4, -0.2) is 123 Å². The second kappa shape index (κ2) is 30.6. The number of aliphatic hydroxyl groups excluding tert-OH is 2. The molecule has 1 aliphatic rings. The molecular weight excluding hydrogens is 987 g/mol. The smallest absolute Gasteiger partial charge is 0.386 e. The maximum atomic E-state index is 12.7. The monoisotopic (exact) mass is 1060 g/mol. The van der Waals surface area contributed by atoms with E-state index < -0.39 is 84.6 Å². The van der Waals surface area contributed by atoms with Gasteiger partial charge in [-0.25, -0.2) is 28.6 Å². The average molecular weight is 1060 g/mol. The summed E-state index contributed by atoms with van der Waals surface area (Å²) in [5, 5.41) is 26.7. The molecule has 10 N–H and O–H groups in total. The SMILES string of the molecule is CCCCCCCCCCCCCCCCCCCC(=O)SCCNC(=O)CCNC(=O)[C@H](O)C(C)(C)COP(=O)(O)OP(=O)(O)OC[C@H]1O[C@@H](n2cnc3c(N)ncnc32)[C@H](O)[C@@H]1OP(=O)(O)O. The van der Waals surface area contributed by atoms with Crippen LogP contribution >= 0.6 is 35.2 Å². The highest BCUT2D eigenvalue weighted by Crippen LogP contribution is 2.61. The van der Waals surface area contributed by atoms with Crippen molar-refractivity contribution >= 4 is 69.1 Å². The largest absolute Gasteiger partial charge is 0.481 e. The molecule has 0 saturated carbocycles. The van der Waals surface area contributed by atoms with Gasteiger partial charge in [0.25, 0.3) is 0 Å². The molecule has 2 amide bonds. The molecule has 0 aromatic carbocycles. The van der Waals surface area contributed by atoms with E-state index in [1.54, 1.807) is 0 Å². The Labute approximate surface area is 407 Å². The highest BCUT2D eigenvalue weighted by atomic mass is 32.2. The number of carbonyl (C=O) groups is 3. The second-order valence-electron chi connectivity index (χ2n) is 17.7. The van der Waals surface area contributed by atoms with Gasteiger partial charge in [0.2, 0.25) is 11.8 Å². The number of nitrogens with one attached hydrogen (secondary N) is 2. The Morgan fingerprint density at radius 3 is 1.97 bits per heavy atom. The second-order valence-corrected chi connectivity index (χ2v) is 23.1. The number of amides is 2. The van der Waals surface area contributed by atoms with E-state index in [9.17, 15) is 57.9 Å². The molecule has 2 unspecified atom stereocenters. The van der Waals surface area contributed by atoms with Gasteiger partial charge in [-0.05, 0) is 6.42 Å². The predicted octanol–water partition coefficient (Wildman–Crippen LogP) is 5.71. The van der Waals surface area contributed by atoms with Crippen LogP contribution in [-0.2, 0) is 50.7 Å². The molecule has 0 bridgehead atoms. The molecule has 2 aromatic heterocycles. The predicted molar refractivity (Wildman–Crippen MR) is 256 cm³/mol. The molecule has 0 radical (unpaired) electrons. The molecule has 1 fully saturated rings. The van der Waals surface area contributed by atoms with E-state index >= 15 is 0 Å². The van der Waals surface area contributed by atoms with E-state index in [2.05, 4.69) is 41.3 Å². The summed E-state index contributed by atoms with van der Waals surface area (Å²) >= 11 is 1.16. The van der Waals surface area contributed by atoms with Gasteiger partial charge in [-0.1, -0.05) is 135 Å². The summed E-state index contributed by atoms with van der Waals surface area (Å²) in [7, 11) is -16.4. The third-order valence-corrected chi connectivity index (χ3v) is 15.3. The molecule has 69 heavy (non-hydrogen) atoms. The number of ether oxygens (including phenoxy) is 1. The minimum Gasteiger partial charge on any atom is -0.386 e. The van der Waals surface area contributed by atoms with Crippen LogP contribution in [0.2, 0.25) is 0 Å². The number of unbranched alkanes of at least 4 members (excludes halogenated alkanes) is 16. The topological polar surface area (TPSA) is 364 Å². The number of aromatic nitrogens is 4. The molecule has 1 saturated heterocycles. The zero-order valence-electron chi connectivity index (χ0n) is 39.8. The first-order valence-corrected chi connectivity index (χ1v) is 29.1. The van der Waals surface area contributed by atoms with Crippen molar-refractivity contribution < 1.29 is 80.5 Å². The lowest BCUT2D eigenvalue weighted by Gasteiger charge is -2.30. The number of nitrogen functional groups attached to an aromatic ring is 1. The lowest BCUT2D eigenvalue weighted by atomic mass is 9.87. The van der Waals surface area contributed by atoms with Crippen LogP contribution in [0.1, 0.15) is 149 Å². The number of rotatable bonds is 37. The van der Waals surface area contributed by atoms with Gasteiger partial charge >= 0.3 is 23.5 Å². The van der Waals surface area contributed by atoms with Gasteiger partial charge in [-0.15, -0.1) is 0 Å². The van der Waals surface area contributed by atoms with Crippen LogP contribution in [0.4, 0.5) is 5.82 Å². The van der Waals surface area contributed by atoms with Crippen LogP contribution in [0.25, 0.3) is 11.2 Å². The molecule has 396 valence electrons. The van der Waals surface area contributed by atoms with E-state index in [1.165, 1.54) is 104 Å². The minimum absolute atomic E-state index is 0.0342. The van der Waals surface area contributed by atoms with Crippen molar-refractivity contribution in [2.75, 3.05) is 37.8 Å². The molecule has 0 aliphatic carbocycles. The number of hydrogen-bond acceptors (Lipinski definition) is 18. The Morgan fingerprint density at radius 2 is 1.39 bits per heavy atom. The first-order valence-electron chi connectivity index (χ1n) is 23.6. The van der Waals surface area contributed by atoms with E-state index in [1.807, 2.05) is 0 Å². The quantitative estimate of drug-likeness (QED) is 0.0289. The van der Waals surface area contributed by atoms with Crippen LogP contribution in [0.3, 0.4) is 0 Å². The van der Waals surface area contributed by atoms with Crippen molar-refractivity contribution in [1.29, 1.82) is 0 Å². The fourth-order valence-electron chi connectivity index (χ4n) is 7.36. The fraction of sp³-hybridized carbons (Fsp3) is 0.805. The summed E-state index contributed by atoms with van der Waals surface area (Å²) in [5.74, 6) is -1.01. The van der Waals surface area contributed by atoms with Crippen molar-refractivity contribution in [3.8, 4) is 0 Å². The molecular formula is C41H74N7O17P3S. The molecule has 28 heteroatoms. The van der Waals surface area contributed by atoms with Gasteiger partial charge in [0.05, 0.1) is 19.5 Å². The number of fused-ring (bicyclic) bond motifs is 1. The zero-order valence-corrected chi connectivity index (χ0v) is 43.3. The lowest BCUT2D eigenvalue weighted by Crippen LogP contribution is -2.46. The van der Waals surface area contributed by atoms with Gasteiger partial charge in [-0.3, -0.25) is 32.5 Å². The molecule has 24 nitrogen and oxygen atoms in total. The molecule has 1 aliphatic heterocycles. The first kappa shape index (κ1) is 60.9. The number of hydrogen-bond donors (Lipinski definition) is 9. The number of imidazole rings is 1. The van der Waals surface area contributed by atoms with Crippen molar-refractivity contribution in [1.82, 2.24) is 30.2 Å². The Balaban J connectivity index is 1.27. The number of phosphoric ester groups is 3. The Hall–Kier alpha value is -2.44. The van der Waals surface area contributed by atoms with Crippen LogP contribution < -0.4 is 16.4 Å². The number of nitrogens with zero attached hydrogens (tertiary/aromatic N) is 4. The van der Waals surface area contributed by atoms with Gasteiger partial charge in [-0.2, -0.15) is 4.31 Å². The highest BCUT2D eigenvalue weighted by molar-refractivity contribution is 8.13. The Kier molecular flexibility index (Phi) is 27.0. The number of aliphatic hydroxyl groups is 2. The number of nitrogens with two attached hydrogens (primary N) is 1. The average Bonchev–Trinajstić information content (AvgIpc) is 3.84.